The Kier molecular flexibility index (Phi) is 3.80. The highest BCUT2D eigenvalue weighted by Gasteiger charge is 2.19. The third-order valence-electron chi connectivity index (χ3n) is 2.23. The molecule has 15 heavy (non-hydrogen) atoms. The maximum atomic E-state index is 5.48. The van der Waals surface area contributed by atoms with Gasteiger partial charge in [0.15, 0.2) is 5.96 Å². The number of benzene rings is 1. The Morgan fingerprint density at radius 3 is 2.80 bits per heavy atom. The second kappa shape index (κ2) is 4.89. The fourth-order valence-corrected chi connectivity index (χ4v) is 1.64. The number of rotatable bonds is 1. The number of ether oxygens (including phenoxy) is 1. The van der Waals surface area contributed by atoms with Gasteiger partial charge < -0.3 is 16.2 Å². The highest BCUT2D eigenvalue weighted by molar-refractivity contribution is 5.85. The number of fused-ring (bicyclic) bond motifs is 1. The van der Waals surface area contributed by atoms with Crippen molar-refractivity contribution in [2.45, 2.75) is 12.5 Å². The molecule has 82 valence electrons. The van der Waals surface area contributed by atoms with E-state index in [2.05, 4.69) is 4.99 Å². The van der Waals surface area contributed by atoms with Crippen molar-refractivity contribution in [3.63, 3.8) is 0 Å². The van der Waals surface area contributed by atoms with Gasteiger partial charge in [-0.15, -0.1) is 12.4 Å². The van der Waals surface area contributed by atoms with Gasteiger partial charge in [-0.25, -0.2) is 4.99 Å². The van der Waals surface area contributed by atoms with Crippen molar-refractivity contribution < 1.29 is 4.74 Å². The summed E-state index contributed by atoms with van der Waals surface area (Å²) in [6, 6.07) is 7.87. The van der Waals surface area contributed by atoms with Crippen LogP contribution in [0.25, 0.3) is 0 Å². The molecule has 1 aliphatic rings. The van der Waals surface area contributed by atoms with Gasteiger partial charge in [0.2, 0.25) is 0 Å². The maximum absolute atomic E-state index is 5.48. The van der Waals surface area contributed by atoms with Crippen LogP contribution in [-0.2, 0) is 0 Å². The number of halogens is 1. The van der Waals surface area contributed by atoms with E-state index in [0.29, 0.717) is 6.61 Å². The zero-order valence-corrected chi connectivity index (χ0v) is 9.04. The lowest BCUT2D eigenvalue weighted by molar-refractivity contribution is 0.269. The van der Waals surface area contributed by atoms with Crippen molar-refractivity contribution in [1.82, 2.24) is 0 Å². The van der Waals surface area contributed by atoms with Crippen LogP contribution in [0, 0.1) is 0 Å². The van der Waals surface area contributed by atoms with Gasteiger partial charge in [-0.3, -0.25) is 0 Å². The Morgan fingerprint density at radius 1 is 1.33 bits per heavy atom. The van der Waals surface area contributed by atoms with E-state index >= 15 is 0 Å². The molecule has 1 aromatic carbocycles. The van der Waals surface area contributed by atoms with E-state index in [1.54, 1.807) is 0 Å². The van der Waals surface area contributed by atoms with Crippen molar-refractivity contribution in [2.75, 3.05) is 6.61 Å². The second-order valence-corrected chi connectivity index (χ2v) is 3.24. The van der Waals surface area contributed by atoms with Gasteiger partial charge >= 0.3 is 0 Å². The average molecular weight is 228 g/mol. The molecule has 1 aliphatic heterocycles. The molecular formula is C10H14ClN3O. The third kappa shape index (κ3) is 2.53. The lowest BCUT2D eigenvalue weighted by Crippen LogP contribution is -2.25. The van der Waals surface area contributed by atoms with E-state index in [4.69, 9.17) is 16.2 Å². The minimum atomic E-state index is 0. The van der Waals surface area contributed by atoms with E-state index in [9.17, 15) is 0 Å². The van der Waals surface area contributed by atoms with Crippen LogP contribution >= 0.6 is 12.4 Å². The van der Waals surface area contributed by atoms with Gasteiger partial charge in [0.1, 0.15) is 5.75 Å². The summed E-state index contributed by atoms with van der Waals surface area (Å²) in [4.78, 5) is 4.17. The zero-order chi connectivity index (χ0) is 9.97. The summed E-state index contributed by atoms with van der Waals surface area (Å²) in [5, 5.41) is 0. The molecule has 0 saturated carbocycles. The minimum absolute atomic E-state index is 0. The Morgan fingerprint density at radius 2 is 2.07 bits per heavy atom. The summed E-state index contributed by atoms with van der Waals surface area (Å²) in [6.45, 7) is 0.665. The molecule has 0 radical (unpaired) electrons. The summed E-state index contributed by atoms with van der Waals surface area (Å²) in [5.41, 5.74) is 11.8. The summed E-state index contributed by atoms with van der Waals surface area (Å²) in [5.74, 6) is 1.01. The van der Waals surface area contributed by atoms with Gasteiger partial charge in [-0.1, -0.05) is 18.2 Å². The first-order chi connectivity index (χ1) is 6.77. The van der Waals surface area contributed by atoms with Crippen molar-refractivity contribution in [2.24, 2.45) is 16.5 Å². The first-order valence-corrected chi connectivity index (χ1v) is 4.58. The molecule has 0 saturated heterocycles. The molecule has 0 spiro atoms. The van der Waals surface area contributed by atoms with Gasteiger partial charge in [-0.05, 0) is 6.07 Å². The number of nitrogens with zero attached hydrogens (tertiary/aromatic N) is 1. The molecule has 0 bridgehead atoms. The number of para-hydroxylation sites is 1. The maximum Gasteiger partial charge on any atom is 0.186 e. The largest absolute Gasteiger partial charge is 0.493 e. The van der Waals surface area contributed by atoms with Gasteiger partial charge in [-0.2, -0.15) is 0 Å². The molecule has 0 fully saturated rings. The second-order valence-electron chi connectivity index (χ2n) is 3.24. The van der Waals surface area contributed by atoms with Crippen LogP contribution in [0.3, 0.4) is 0 Å². The van der Waals surface area contributed by atoms with Crippen molar-refractivity contribution in [3.8, 4) is 5.75 Å². The smallest absolute Gasteiger partial charge is 0.186 e. The number of hydrogen-bond donors (Lipinski definition) is 2. The van der Waals surface area contributed by atoms with E-state index in [1.807, 2.05) is 24.3 Å². The van der Waals surface area contributed by atoms with Gasteiger partial charge in [0.05, 0.1) is 12.6 Å². The molecule has 0 amide bonds. The molecule has 4 N–H and O–H groups in total. The number of nitrogens with two attached hydrogens (primary N) is 2. The predicted molar refractivity (Wildman–Crippen MR) is 62.4 cm³/mol. The first-order valence-electron chi connectivity index (χ1n) is 4.58. The lowest BCUT2D eigenvalue weighted by atomic mass is 10.0. The van der Waals surface area contributed by atoms with Crippen LogP contribution in [0.2, 0.25) is 0 Å². The van der Waals surface area contributed by atoms with E-state index < -0.39 is 0 Å². The summed E-state index contributed by atoms with van der Waals surface area (Å²) < 4.78 is 5.48. The van der Waals surface area contributed by atoms with Crippen LogP contribution in [-0.4, -0.2) is 12.6 Å². The average Bonchev–Trinajstić information content (AvgIpc) is 2.18. The molecule has 2 rings (SSSR count). The van der Waals surface area contributed by atoms with E-state index in [1.165, 1.54) is 0 Å². The Labute approximate surface area is 94.7 Å². The van der Waals surface area contributed by atoms with Crippen molar-refractivity contribution >= 4 is 18.4 Å². The van der Waals surface area contributed by atoms with Crippen LogP contribution in [0.4, 0.5) is 0 Å². The molecule has 1 aromatic rings. The highest BCUT2D eigenvalue weighted by Crippen LogP contribution is 2.33. The summed E-state index contributed by atoms with van der Waals surface area (Å²) in [7, 11) is 0. The molecule has 0 aromatic heterocycles. The van der Waals surface area contributed by atoms with Crippen LogP contribution in [0.5, 0.6) is 5.75 Å². The topological polar surface area (TPSA) is 73.6 Å². The van der Waals surface area contributed by atoms with E-state index in [0.717, 1.165) is 17.7 Å². The highest BCUT2D eigenvalue weighted by atomic mass is 35.5. The van der Waals surface area contributed by atoms with Crippen LogP contribution in [0.15, 0.2) is 29.3 Å². The Balaban J connectivity index is 0.00000112. The molecule has 1 heterocycles. The van der Waals surface area contributed by atoms with Crippen LogP contribution < -0.4 is 16.2 Å². The van der Waals surface area contributed by atoms with Gasteiger partial charge in [0, 0.05) is 12.0 Å². The van der Waals surface area contributed by atoms with Gasteiger partial charge in [0.25, 0.3) is 0 Å². The quantitative estimate of drug-likeness (QED) is 0.559. The molecule has 0 aliphatic carbocycles. The van der Waals surface area contributed by atoms with Crippen molar-refractivity contribution in [1.29, 1.82) is 0 Å². The minimum Gasteiger partial charge on any atom is -0.493 e. The normalized spacial score (nSPS) is 18.0. The lowest BCUT2D eigenvalue weighted by Gasteiger charge is -2.22. The number of guanidine groups is 1. The molecule has 1 unspecified atom stereocenters. The SMILES string of the molecule is Cl.NC(N)=NC1CCOc2ccccc21. The van der Waals surface area contributed by atoms with Crippen LogP contribution in [0.1, 0.15) is 18.0 Å². The monoisotopic (exact) mass is 227 g/mol. The molecule has 5 heteroatoms. The Hall–Kier alpha value is -1.42. The summed E-state index contributed by atoms with van der Waals surface area (Å²) in [6.07, 6.45) is 0.828. The van der Waals surface area contributed by atoms with Crippen molar-refractivity contribution in [3.05, 3.63) is 29.8 Å². The number of aliphatic imine (C=N–C) groups is 1. The molecule has 4 nitrogen and oxygen atoms in total. The standard InChI is InChI=1S/C10H13N3O.ClH/c11-10(12)13-8-5-6-14-9-4-2-1-3-7(8)9;/h1-4,8H,5-6H2,(H4,11,12,13);1H. The molecular weight excluding hydrogens is 214 g/mol. The fourth-order valence-electron chi connectivity index (χ4n) is 1.64. The molecule has 1 atom stereocenters. The predicted octanol–water partition coefficient (Wildman–Crippen LogP) is 1.21. The Bertz CT molecular complexity index is 363. The fraction of sp³-hybridized carbons (Fsp3) is 0.300. The van der Waals surface area contributed by atoms with E-state index in [-0.39, 0.29) is 24.4 Å². The first kappa shape index (κ1) is 11.7. The summed E-state index contributed by atoms with van der Waals surface area (Å²) >= 11 is 0. The number of hydrogen-bond acceptors (Lipinski definition) is 2. The third-order valence-corrected chi connectivity index (χ3v) is 2.23. The zero-order valence-electron chi connectivity index (χ0n) is 8.22.